The van der Waals surface area contributed by atoms with Gasteiger partial charge in [0, 0.05) is 17.4 Å². The lowest BCUT2D eigenvalue weighted by Crippen LogP contribution is -2.25. The summed E-state index contributed by atoms with van der Waals surface area (Å²) in [4.78, 5) is 34.2. The van der Waals surface area contributed by atoms with Crippen LogP contribution >= 0.6 is 11.8 Å². The van der Waals surface area contributed by atoms with Crippen molar-refractivity contribution in [3.05, 3.63) is 107 Å². The zero-order valence-corrected chi connectivity index (χ0v) is 20.7. The summed E-state index contributed by atoms with van der Waals surface area (Å²) in [6.07, 6.45) is 1.77. The van der Waals surface area contributed by atoms with E-state index in [0.717, 1.165) is 28.5 Å². The molecule has 37 heavy (non-hydrogen) atoms. The highest BCUT2D eigenvalue weighted by atomic mass is 32.2. The van der Waals surface area contributed by atoms with Gasteiger partial charge in [-0.3, -0.25) is 14.2 Å². The number of ether oxygens (including phenoxy) is 1. The smallest absolute Gasteiger partial charge is 0.278 e. The number of carbonyl (C=O) groups is 1. The molecule has 0 fully saturated rings. The standard InChI is InChI=1S/C28H23FN4O3S/c1-36-22-12-5-7-18(13-22)16-33-27(35)26-25(23(15-30-26)19-8-3-2-4-9-19)32-28(33)37-17-24(34)31-21-11-6-10-20(29)14-21/h2-15,30H,16-17H2,1H3,(H,31,34). The van der Waals surface area contributed by atoms with E-state index in [2.05, 4.69) is 10.3 Å². The first kappa shape index (κ1) is 24.3. The van der Waals surface area contributed by atoms with Crippen molar-refractivity contribution in [2.75, 3.05) is 18.2 Å². The molecule has 0 saturated carbocycles. The molecule has 5 rings (SSSR count). The maximum absolute atomic E-state index is 13.6. The van der Waals surface area contributed by atoms with Gasteiger partial charge in [-0.05, 0) is 41.5 Å². The molecule has 0 unspecified atom stereocenters. The van der Waals surface area contributed by atoms with Crippen LogP contribution in [0.3, 0.4) is 0 Å². The van der Waals surface area contributed by atoms with Crippen LogP contribution in [-0.2, 0) is 11.3 Å². The number of amides is 1. The number of halogens is 1. The van der Waals surface area contributed by atoms with Gasteiger partial charge in [0.05, 0.1) is 19.4 Å². The summed E-state index contributed by atoms with van der Waals surface area (Å²) in [5, 5.41) is 3.08. The number of methoxy groups -OCH3 is 1. The minimum Gasteiger partial charge on any atom is -0.497 e. The Hall–Kier alpha value is -4.37. The first-order valence-corrected chi connectivity index (χ1v) is 12.5. The minimum absolute atomic E-state index is 0.0162. The predicted octanol–water partition coefficient (Wildman–Crippen LogP) is 5.32. The molecule has 5 aromatic rings. The lowest BCUT2D eigenvalue weighted by Gasteiger charge is -2.13. The number of carbonyl (C=O) groups excluding carboxylic acids is 1. The molecule has 0 bridgehead atoms. The second-order valence-electron chi connectivity index (χ2n) is 8.28. The first-order valence-electron chi connectivity index (χ1n) is 11.5. The number of rotatable bonds is 8. The van der Waals surface area contributed by atoms with E-state index in [1.54, 1.807) is 23.9 Å². The van der Waals surface area contributed by atoms with Crippen LogP contribution in [-0.4, -0.2) is 33.3 Å². The van der Waals surface area contributed by atoms with Crippen molar-refractivity contribution in [3.8, 4) is 16.9 Å². The molecule has 0 radical (unpaired) electrons. The number of thioether (sulfide) groups is 1. The lowest BCUT2D eigenvalue weighted by molar-refractivity contribution is -0.113. The highest BCUT2D eigenvalue weighted by molar-refractivity contribution is 7.99. The number of H-pyrrole nitrogens is 1. The van der Waals surface area contributed by atoms with E-state index in [-0.39, 0.29) is 23.8 Å². The van der Waals surface area contributed by atoms with Crippen molar-refractivity contribution in [2.45, 2.75) is 11.7 Å². The molecule has 186 valence electrons. The van der Waals surface area contributed by atoms with Gasteiger partial charge >= 0.3 is 0 Å². The van der Waals surface area contributed by atoms with Crippen LogP contribution in [0, 0.1) is 5.82 Å². The average Bonchev–Trinajstić information content (AvgIpc) is 3.34. The highest BCUT2D eigenvalue weighted by Crippen LogP contribution is 2.28. The van der Waals surface area contributed by atoms with Crippen molar-refractivity contribution in [3.63, 3.8) is 0 Å². The fourth-order valence-corrected chi connectivity index (χ4v) is 4.80. The Bertz CT molecular complexity index is 1630. The van der Waals surface area contributed by atoms with Gasteiger partial charge in [0.1, 0.15) is 22.6 Å². The number of hydrogen-bond donors (Lipinski definition) is 2. The van der Waals surface area contributed by atoms with Crippen molar-refractivity contribution < 1.29 is 13.9 Å². The van der Waals surface area contributed by atoms with E-state index < -0.39 is 5.82 Å². The molecule has 0 aliphatic rings. The summed E-state index contributed by atoms with van der Waals surface area (Å²) in [5.41, 5.74) is 3.60. The zero-order valence-electron chi connectivity index (χ0n) is 19.9. The summed E-state index contributed by atoms with van der Waals surface area (Å²) >= 11 is 1.15. The molecular weight excluding hydrogens is 491 g/mol. The molecule has 0 aliphatic carbocycles. The second-order valence-corrected chi connectivity index (χ2v) is 9.22. The molecule has 0 atom stereocenters. The summed E-state index contributed by atoms with van der Waals surface area (Å²) in [6, 6.07) is 22.8. The number of fused-ring (bicyclic) bond motifs is 1. The minimum atomic E-state index is -0.439. The number of hydrogen-bond acceptors (Lipinski definition) is 5. The van der Waals surface area contributed by atoms with Crippen molar-refractivity contribution in [2.24, 2.45) is 0 Å². The lowest BCUT2D eigenvalue weighted by atomic mass is 10.1. The second kappa shape index (κ2) is 10.7. The van der Waals surface area contributed by atoms with Gasteiger partial charge in [0.25, 0.3) is 5.56 Å². The zero-order chi connectivity index (χ0) is 25.8. The fraction of sp³-hybridized carbons (Fsp3) is 0.107. The molecule has 3 aromatic carbocycles. The first-order chi connectivity index (χ1) is 18.0. The Labute approximate surface area is 216 Å². The van der Waals surface area contributed by atoms with E-state index in [0.29, 0.717) is 27.6 Å². The van der Waals surface area contributed by atoms with Gasteiger partial charge in [0.2, 0.25) is 5.91 Å². The topological polar surface area (TPSA) is 89.0 Å². The molecule has 9 heteroatoms. The third-order valence-electron chi connectivity index (χ3n) is 5.75. The molecule has 0 spiro atoms. The van der Waals surface area contributed by atoms with Gasteiger partial charge in [0.15, 0.2) is 5.16 Å². The number of nitrogens with zero attached hydrogens (tertiary/aromatic N) is 2. The van der Waals surface area contributed by atoms with Crippen LogP contribution in [0.2, 0.25) is 0 Å². The van der Waals surface area contributed by atoms with Crippen LogP contribution in [0.1, 0.15) is 5.56 Å². The number of benzene rings is 3. The normalized spacial score (nSPS) is 11.0. The third-order valence-corrected chi connectivity index (χ3v) is 6.73. The Balaban J connectivity index is 1.51. The highest BCUT2D eigenvalue weighted by Gasteiger charge is 2.18. The van der Waals surface area contributed by atoms with E-state index in [1.165, 1.54) is 18.2 Å². The van der Waals surface area contributed by atoms with Gasteiger partial charge in [-0.25, -0.2) is 9.37 Å². The van der Waals surface area contributed by atoms with Crippen LogP contribution in [0.5, 0.6) is 5.75 Å². The van der Waals surface area contributed by atoms with E-state index >= 15 is 0 Å². The van der Waals surface area contributed by atoms with E-state index in [4.69, 9.17) is 9.72 Å². The Morgan fingerprint density at radius 2 is 1.89 bits per heavy atom. The molecule has 2 N–H and O–H groups in total. The number of aromatic nitrogens is 3. The van der Waals surface area contributed by atoms with E-state index in [9.17, 15) is 14.0 Å². The molecule has 2 heterocycles. The number of anilines is 1. The maximum atomic E-state index is 13.6. The van der Waals surface area contributed by atoms with Crippen LogP contribution in [0.15, 0.2) is 95.0 Å². The summed E-state index contributed by atoms with van der Waals surface area (Å²) in [6.45, 7) is 0.243. The molecule has 0 saturated heterocycles. The van der Waals surface area contributed by atoms with E-state index in [1.807, 2.05) is 54.6 Å². The SMILES string of the molecule is COc1cccc(Cn2c(SCC(=O)Nc3cccc(F)c3)nc3c(-c4ccccc4)c[nH]c3c2=O)c1. The Morgan fingerprint density at radius 3 is 2.68 bits per heavy atom. The monoisotopic (exact) mass is 514 g/mol. The molecular formula is C28H23FN4O3S. The summed E-state index contributed by atoms with van der Waals surface area (Å²) in [5.74, 6) is -0.118. The molecule has 0 aliphatic heterocycles. The summed E-state index contributed by atoms with van der Waals surface area (Å²) < 4.78 is 20.4. The molecule has 2 aromatic heterocycles. The van der Waals surface area contributed by atoms with Crippen LogP contribution in [0.4, 0.5) is 10.1 Å². The number of aromatic amines is 1. The molecule has 7 nitrogen and oxygen atoms in total. The summed E-state index contributed by atoms with van der Waals surface area (Å²) in [7, 11) is 1.58. The van der Waals surface area contributed by atoms with Crippen molar-refractivity contribution in [1.82, 2.24) is 14.5 Å². The predicted molar refractivity (Wildman–Crippen MR) is 144 cm³/mol. The average molecular weight is 515 g/mol. The maximum Gasteiger partial charge on any atom is 0.278 e. The quantitative estimate of drug-likeness (QED) is 0.216. The fourth-order valence-electron chi connectivity index (χ4n) is 4.01. The van der Waals surface area contributed by atoms with Gasteiger partial charge in [-0.15, -0.1) is 0 Å². The largest absolute Gasteiger partial charge is 0.497 e. The Morgan fingerprint density at radius 1 is 1.08 bits per heavy atom. The molecule has 1 amide bonds. The van der Waals surface area contributed by atoms with Crippen LogP contribution in [0.25, 0.3) is 22.2 Å². The van der Waals surface area contributed by atoms with Crippen LogP contribution < -0.4 is 15.6 Å². The van der Waals surface area contributed by atoms with Gasteiger partial charge in [-0.1, -0.05) is 60.3 Å². The van der Waals surface area contributed by atoms with Crippen molar-refractivity contribution >= 4 is 34.4 Å². The Kier molecular flexibility index (Phi) is 7.04. The van der Waals surface area contributed by atoms with Crippen molar-refractivity contribution in [1.29, 1.82) is 0 Å². The third kappa shape index (κ3) is 5.41. The van der Waals surface area contributed by atoms with Gasteiger partial charge in [-0.2, -0.15) is 0 Å². The van der Waals surface area contributed by atoms with Gasteiger partial charge < -0.3 is 15.0 Å². The number of nitrogens with one attached hydrogen (secondary N) is 2.